The third-order valence-corrected chi connectivity index (χ3v) is 4.69. The van der Waals surface area contributed by atoms with Gasteiger partial charge in [0.2, 0.25) is 0 Å². The monoisotopic (exact) mass is 402 g/mol. The van der Waals surface area contributed by atoms with E-state index in [0.717, 1.165) is 29.0 Å². The summed E-state index contributed by atoms with van der Waals surface area (Å²) in [7, 11) is 1.61. The summed E-state index contributed by atoms with van der Waals surface area (Å²) in [5.41, 5.74) is 3.58. The summed E-state index contributed by atoms with van der Waals surface area (Å²) in [6, 6.07) is 12.3. The zero-order valence-electron chi connectivity index (χ0n) is 16.5. The summed E-state index contributed by atoms with van der Waals surface area (Å²) in [5, 5.41) is 9.14. The van der Waals surface area contributed by atoms with Gasteiger partial charge < -0.3 is 16.0 Å². The van der Waals surface area contributed by atoms with Crippen LogP contribution in [0.2, 0.25) is 0 Å². The second-order valence-corrected chi connectivity index (χ2v) is 7.04. The van der Waals surface area contributed by atoms with Crippen molar-refractivity contribution < 1.29 is 9.18 Å². The number of thioether (sulfide) groups is 1. The van der Waals surface area contributed by atoms with Gasteiger partial charge in [0.1, 0.15) is 5.82 Å². The normalized spacial score (nSPS) is 11.2. The van der Waals surface area contributed by atoms with Crippen LogP contribution in [0, 0.1) is 5.82 Å². The van der Waals surface area contributed by atoms with E-state index in [9.17, 15) is 9.18 Å². The van der Waals surface area contributed by atoms with Gasteiger partial charge in [-0.1, -0.05) is 18.2 Å². The predicted molar refractivity (Wildman–Crippen MR) is 115 cm³/mol. The Morgan fingerprint density at radius 1 is 1.14 bits per heavy atom. The lowest BCUT2D eigenvalue weighted by Gasteiger charge is -2.14. The summed E-state index contributed by atoms with van der Waals surface area (Å²) in [6.07, 6.45) is 2.00. The molecular formula is C21H27FN4OS. The molecule has 0 aliphatic rings. The van der Waals surface area contributed by atoms with Gasteiger partial charge in [0.25, 0.3) is 5.91 Å². The molecule has 2 aromatic carbocycles. The highest BCUT2D eigenvalue weighted by atomic mass is 32.2. The molecule has 150 valence electrons. The molecule has 0 bridgehead atoms. The number of hydrogen-bond acceptors (Lipinski definition) is 3. The summed E-state index contributed by atoms with van der Waals surface area (Å²) in [4.78, 5) is 16.4. The van der Waals surface area contributed by atoms with Crippen LogP contribution >= 0.6 is 11.8 Å². The summed E-state index contributed by atoms with van der Waals surface area (Å²) in [6.45, 7) is 3.73. The standard InChI is InChI=1S/C21H27FN4OS/c1-4-24-21(25-12-15-6-5-7-16(10-15)20(27)23-2)26-13-17-8-9-19(22)11-18(17)14-28-3/h5-11H,4,12-14H2,1-3H3,(H,23,27)(H2,24,25,26). The van der Waals surface area contributed by atoms with E-state index in [2.05, 4.69) is 20.9 Å². The topological polar surface area (TPSA) is 65.5 Å². The Kier molecular flexibility index (Phi) is 8.81. The highest BCUT2D eigenvalue weighted by Crippen LogP contribution is 2.16. The quantitative estimate of drug-likeness (QED) is 0.468. The smallest absolute Gasteiger partial charge is 0.251 e. The van der Waals surface area contributed by atoms with Crippen LogP contribution < -0.4 is 16.0 Å². The first kappa shape index (κ1) is 21.8. The van der Waals surface area contributed by atoms with E-state index < -0.39 is 0 Å². The molecule has 0 unspecified atom stereocenters. The first-order valence-electron chi connectivity index (χ1n) is 9.16. The molecular weight excluding hydrogens is 375 g/mol. The van der Waals surface area contributed by atoms with E-state index in [1.165, 1.54) is 6.07 Å². The van der Waals surface area contributed by atoms with Gasteiger partial charge >= 0.3 is 0 Å². The number of amides is 1. The summed E-state index contributed by atoms with van der Waals surface area (Å²) >= 11 is 1.66. The molecule has 0 saturated heterocycles. The van der Waals surface area contributed by atoms with Crippen LogP contribution in [0.25, 0.3) is 0 Å². The fourth-order valence-corrected chi connectivity index (χ4v) is 3.28. The number of halogens is 1. The maximum atomic E-state index is 13.5. The van der Waals surface area contributed by atoms with Crippen LogP contribution in [-0.4, -0.2) is 31.7 Å². The second-order valence-electron chi connectivity index (χ2n) is 6.17. The number of hydrogen-bond donors (Lipinski definition) is 3. The number of carbonyl (C=O) groups excluding carboxylic acids is 1. The minimum atomic E-state index is -0.218. The van der Waals surface area contributed by atoms with Crippen molar-refractivity contribution in [3.05, 3.63) is 70.5 Å². The maximum absolute atomic E-state index is 13.5. The fourth-order valence-electron chi connectivity index (χ4n) is 2.70. The first-order valence-corrected chi connectivity index (χ1v) is 10.6. The number of carbonyl (C=O) groups is 1. The van der Waals surface area contributed by atoms with E-state index in [-0.39, 0.29) is 11.7 Å². The Balaban J connectivity index is 2.08. The minimum Gasteiger partial charge on any atom is -0.357 e. The largest absolute Gasteiger partial charge is 0.357 e. The Hall–Kier alpha value is -2.54. The molecule has 5 nitrogen and oxygen atoms in total. The molecule has 0 spiro atoms. The molecule has 0 aliphatic heterocycles. The molecule has 0 aromatic heterocycles. The Morgan fingerprint density at radius 2 is 1.96 bits per heavy atom. The Bertz CT molecular complexity index is 826. The van der Waals surface area contributed by atoms with Crippen molar-refractivity contribution in [2.75, 3.05) is 19.8 Å². The lowest BCUT2D eigenvalue weighted by atomic mass is 10.1. The average Bonchev–Trinajstić information content (AvgIpc) is 2.71. The molecule has 0 heterocycles. The van der Waals surface area contributed by atoms with Crippen molar-refractivity contribution >= 4 is 23.6 Å². The number of rotatable bonds is 8. The molecule has 3 N–H and O–H groups in total. The van der Waals surface area contributed by atoms with E-state index in [0.29, 0.717) is 24.6 Å². The van der Waals surface area contributed by atoms with Crippen molar-refractivity contribution in [2.24, 2.45) is 4.99 Å². The van der Waals surface area contributed by atoms with Gasteiger partial charge in [-0.2, -0.15) is 11.8 Å². The third kappa shape index (κ3) is 6.56. The molecule has 0 aliphatic carbocycles. The lowest BCUT2D eigenvalue weighted by Crippen LogP contribution is -2.37. The molecule has 0 saturated carbocycles. The molecule has 28 heavy (non-hydrogen) atoms. The molecule has 0 radical (unpaired) electrons. The zero-order valence-corrected chi connectivity index (χ0v) is 17.3. The van der Waals surface area contributed by atoms with Gasteiger partial charge in [-0.05, 0) is 54.1 Å². The van der Waals surface area contributed by atoms with Crippen LogP contribution in [-0.2, 0) is 18.8 Å². The zero-order chi connectivity index (χ0) is 20.4. The average molecular weight is 403 g/mol. The molecule has 0 atom stereocenters. The van der Waals surface area contributed by atoms with Crippen molar-refractivity contribution in [3.63, 3.8) is 0 Å². The minimum absolute atomic E-state index is 0.117. The lowest BCUT2D eigenvalue weighted by molar-refractivity contribution is 0.0963. The van der Waals surface area contributed by atoms with Gasteiger partial charge in [-0.3, -0.25) is 4.79 Å². The van der Waals surface area contributed by atoms with Crippen molar-refractivity contribution in [2.45, 2.75) is 25.8 Å². The fraction of sp³-hybridized carbons (Fsp3) is 0.333. The summed E-state index contributed by atoms with van der Waals surface area (Å²) in [5.74, 6) is 1.10. The number of nitrogens with zero attached hydrogens (tertiary/aromatic N) is 1. The number of nitrogens with one attached hydrogen (secondary N) is 3. The van der Waals surface area contributed by atoms with Gasteiger partial charge in [-0.25, -0.2) is 9.38 Å². The van der Waals surface area contributed by atoms with Crippen LogP contribution in [0.5, 0.6) is 0 Å². The first-order chi connectivity index (χ1) is 13.6. The van der Waals surface area contributed by atoms with E-state index in [1.807, 2.05) is 37.4 Å². The van der Waals surface area contributed by atoms with E-state index in [4.69, 9.17) is 0 Å². The molecule has 2 aromatic rings. The van der Waals surface area contributed by atoms with Crippen molar-refractivity contribution in [1.82, 2.24) is 16.0 Å². The van der Waals surface area contributed by atoms with Crippen LogP contribution in [0.4, 0.5) is 4.39 Å². The molecule has 1 amide bonds. The number of guanidine groups is 1. The molecule has 0 fully saturated rings. The van der Waals surface area contributed by atoms with Gasteiger partial charge in [0.05, 0.1) is 6.54 Å². The van der Waals surface area contributed by atoms with Crippen molar-refractivity contribution in [1.29, 1.82) is 0 Å². The van der Waals surface area contributed by atoms with Gasteiger partial charge in [-0.15, -0.1) is 0 Å². The maximum Gasteiger partial charge on any atom is 0.251 e. The van der Waals surface area contributed by atoms with Gasteiger partial charge in [0, 0.05) is 31.5 Å². The highest BCUT2D eigenvalue weighted by Gasteiger charge is 2.06. The predicted octanol–water partition coefficient (Wildman–Crippen LogP) is 3.30. The Labute approximate surface area is 170 Å². The Morgan fingerprint density at radius 3 is 2.68 bits per heavy atom. The molecule has 7 heteroatoms. The number of benzene rings is 2. The number of aliphatic imine (C=N–C) groups is 1. The highest BCUT2D eigenvalue weighted by molar-refractivity contribution is 7.97. The van der Waals surface area contributed by atoms with Crippen molar-refractivity contribution in [3.8, 4) is 0 Å². The van der Waals surface area contributed by atoms with Crippen LogP contribution in [0.3, 0.4) is 0 Å². The third-order valence-electron chi connectivity index (χ3n) is 4.09. The molecule has 2 rings (SSSR count). The van der Waals surface area contributed by atoms with Gasteiger partial charge in [0.15, 0.2) is 5.96 Å². The van der Waals surface area contributed by atoms with E-state index in [1.54, 1.807) is 30.9 Å². The SMILES string of the molecule is CCNC(=NCc1cccc(C(=O)NC)c1)NCc1ccc(F)cc1CSC. The second kappa shape index (κ2) is 11.3. The summed E-state index contributed by atoms with van der Waals surface area (Å²) < 4.78 is 13.5. The van der Waals surface area contributed by atoms with E-state index >= 15 is 0 Å². The van der Waals surface area contributed by atoms with Crippen LogP contribution in [0.1, 0.15) is 34.0 Å². The van der Waals surface area contributed by atoms with Crippen LogP contribution in [0.15, 0.2) is 47.5 Å².